The van der Waals surface area contributed by atoms with E-state index >= 15 is 0 Å². The Balaban J connectivity index is 1.50. The van der Waals surface area contributed by atoms with Crippen LogP contribution in [0.4, 0.5) is 0 Å². The largest absolute Gasteiger partial charge is 0.134 e. The van der Waals surface area contributed by atoms with Crippen molar-refractivity contribution < 1.29 is 0 Å². The van der Waals surface area contributed by atoms with Crippen LogP contribution in [0.25, 0.3) is 65.0 Å². The van der Waals surface area contributed by atoms with Gasteiger partial charge in [-0.25, -0.2) is 0 Å². The topological polar surface area (TPSA) is 0 Å². The summed E-state index contributed by atoms with van der Waals surface area (Å²) in [6.07, 6.45) is 0. The molecule has 0 spiro atoms. The number of rotatable bonds is 5. The fourth-order valence-corrected chi connectivity index (χ4v) is 6.82. The van der Waals surface area contributed by atoms with Gasteiger partial charge in [-0.05, 0) is 45.0 Å². The predicted octanol–water partition coefficient (Wildman–Crippen LogP) is 11.2. The quantitative estimate of drug-likeness (QED) is 0.214. The van der Waals surface area contributed by atoms with E-state index in [0.29, 0.717) is 0 Å². The van der Waals surface area contributed by atoms with Gasteiger partial charge in [0.15, 0.2) is 0 Å². The maximum Gasteiger partial charge on any atom is 0.0440 e. The molecule has 7 aromatic rings. The van der Waals surface area contributed by atoms with Gasteiger partial charge in [-0.15, -0.1) is 11.3 Å². The molecule has 0 atom stereocenters. The number of fused-ring (bicyclic) bond motifs is 1. The molecular formula is C38H26S. The molecule has 0 unspecified atom stereocenters. The summed E-state index contributed by atoms with van der Waals surface area (Å²) in [5.41, 5.74) is 10.00. The number of thiophene rings is 1. The summed E-state index contributed by atoms with van der Waals surface area (Å²) in [7, 11) is 0. The summed E-state index contributed by atoms with van der Waals surface area (Å²) in [6.45, 7) is 0. The van der Waals surface area contributed by atoms with Crippen molar-refractivity contribution in [1.82, 2.24) is 0 Å². The first kappa shape index (κ1) is 23.4. The minimum Gasteiger partial charge on any atom is -0.134 e. The lowest BCUT2D eigenvalue weighted by Gasteiger charge is -2.15. The average molecular weight is 515 g/mol. The summed E-state index contributed by atoms with van der Waals surface area (Å²) in [6, 6.07) is 56.7. The molecule has 0 bridgehead atoms. The Morgan fingerprint density at radius 2 is 0.744 bits per heavy atom. The third kappa shape index (κ3) is 4.37. The Hall–Kier alpha value is -4.72. The first-order valence-electron chi connectivity index (χ1n) is 13.3. The highest BCUT2D eigenvalue weighted by molar-refractivity contribution is 7.21. The predicted molar refractivity (Wildman–Crippen MR) is 169 cm³/mol. The van der Waals surface area contributed by atoms with Crippen LogP contribution in [0.15, 0.2) is 158 Å². The van der Waals surface area contributed by atoms with Crippen LogP contribution in [0, 0.1) is 0 Å². The van der Waals surface area contributed by atoms with Crippen molar-refractivity contribution in [3.8, 4) is 54.3 Å². The van der Waals surface area contributed by atoms with E-state index in [2.05, 4.69) is 158 Å². The van der Waals surface area contributed by atoms with Crippen molar-refractivity contribution in [2.75, 3.05) is 0 Å². The van der Waals surface area contributed by atoms with Gasteiger partial charge in [0.25, 0.3) is 0 Å². The van der Waals surface area contributed by atoms with E-state index < -0.39 is 0 Å². The van der Waals surface area contributed by atoms with E-state index in [1.807, 2.05) is 11.3 Å². The molecule has 0 saturated carbocycles. The van der Waals surface area contributed by atoms with Crippen LogP contribution in [0.1, 0.15) is 0 Å². The molecule has 1 heteroatoms. The molecule has 0 amide bonds. The standard InChI is InChI=1S/C38H26S/c1-4-14-27(15-5-1)30-20-12-21-31(26-30)37-34-22-10-11-23-35(34)38(39-37)36-32(28-16-6-2-7-17-28)24-13-25-33(36)29-18-8-3-9-19-29/h1-26H. The first-order chi connectivity index (χ1) is 19.4. The molecule has 6 aromatic carbocycles. The van der Waals surface area contributed by atoms with Crippen molar-refractivity contribution in [1.29, 1.82) is 0 Å². The lowest BCUT2D eigenvalue weighted by atomic mass is 9.89. The Bertz CT molecular complexity index is 1820. The first-order valence-corrected chi connectivity index (χ1v) is 14.1. The Labute approximate surface area is 233 Å². The molecule has 7 rings (SSSR count). The molecule has 1 heterocycles. The zero-order valence-corrected chi connectivity index (χ0v) is 22.2. The van der Waals surface area contributed by atoms with E-state index in [9.17, 15) is 0 Å². The monoisotopic (exact) mass is 514 g/mol. The highest BCUT2D eigenvalue weighted by atomic mass is 32.1. The highest BCUT2D eigenvalue weighted by Gasteiger charge is 2.20. The minimum absolute atomic E-state index is 1.23. The van der Waals surface area contributed by atoms with Gasteiger partial charge in [0.2, 0.25) is 0 Å². The van der Waals surface area contributed by atoms with Gasteiger partial charge in [-0.3, -0.25) is 0 Å². The third-order valence-electron chi connectivity index (χ3n) is 7.31. The van der Waals surface area contributed by atoms with E-state index in [1.54, 1.807) is 0 Å². The van der Waals surface area contributed by atoms with Gasteiger partial charge >= 0.3 is 0 Å². The second-order valence-electron chi connectivity index (χ2n) is 9.71. The van der Waals surface area contributed by atoms with Crippen LogP contribution in [-0.2, 0) is 0 Å². The van der Waals surface area contributed by atoms with Gasteiger partial charge in [0, 0.05) is 26.1 Å². The molecule has 0 aliphatic carbocycles. The Kier molecular flexibility index (Phi) is 6.13. The number of benzene rings is 6. The third-order valence-corrected chi connectivity index (χ3v) is 8.60. The maximum atomic E-state index is 2.33. The molecule has 0 aliphatic rings. The summed E-state index contributed by atoms with van der Waals surface area (Å²) >= 11 is 1.90. The summed E-state index contributed by atoms with van der Waals surface area (Å²) < 4.78 is 0. The molecule has 184 valence electrons. The molecule has 0 fully saturated rings. The molecule has 1 aromatic heterocycles. The van der Waals surface area contributed by atoms with Gasteiger partial charge < -0.3 is 0 Å². The fraction of sp³-hybridized carbons (Fsp3) is 0. The van der Waals surface area contributed by atoms with Crippen LogP contribution in [-0.4, -0.2) is 0 Å². The van der Waals surface area contributed by atoms with Gasteiger partial charge in [-0.2, -0.15) is 0 Å². The smallest absolute Gasteiger partial charge is 0.0440 e. The van der Waals surface area contributed by atoms with E-state index in [0.717, 1.165) is 0 Å². The molecule has 0 N–H and O–H groups in total. The van der Waals surface area contributed by atoms with Crippen molar-refractivity contribution >= 4 is 22.1 Å². The molecular weight excluding hydrogens is 488 g/mol. The second kappa shape index (κ2) is 10.2. The number of hydrogen-bond acceptors (Lipinski definition) is 1. The zero-order chi connectivity index (χ0) is 26.0. The Morgan fingerprint density at radius 3 is 1.33 bits per heavy atom. The molecule has 0 saturated heterocycles. The van der Waals surface area contributed by atoms with Crippen molar-refractivity contribution in [3.05, 3.63) is 158 Å². The molecule has 0 radical (unpaired) electrons. The van der Waals surface area contributed by atoms with Crippen LogP contribution in [0.2, 0.25) is 0 Å². The number of hydrogen-bond donors (Lipinski definition) is 0. The summed E-state index contributed by atoms with van der Waals surface area (Å²) in [5.74, 6) is 0. The molecule has 0 aliphatic heterocycles. The SMILES string of the molecule is c1ccc(-c2cccc(-c3sc(-c4c(-c5ccccc5)cccc4-c4ccccc4)c4ccccc34)c2)cc1. The minimum atomic E-state index is 1.23. The zero-order valence-electron chi connectivity index (χ0n) is 21.4. The lowest BCUT2D eigenvalue weighted by Crippen LogP contribution is -1.89. The summed E-state index contributed by atoms with van der Waals surface area (Å²) in [5, 5.41) is 2.59. The summed E-state index contributed by atoms with van der Waals surface area (Å²) in [4.78, 5) is 2.62. The van der Waals surface area contributed by atoms with Crippen LogP contribution < -0.4 is 0 Å². The Morgan fingerprint density at radius 1 is 0.308 bits per heavy atom. The molecule has 0 nitrogen and oxygen atoms in total. The van der Waals surface area contributed by atoms with Crippen LogP contribution in [0.5, 0.6) is 0 Å². The van der Waals surface area contributed by atoms with Crippen LogP contribution in [0.3, 0.4) is 0 Å². The average Bonchev–Trinajstić information content (AvgIpc) is 3.41. The van der Waals surface area contributed by atoms with E-state index in [4.69, 9.17) is 0 Å². The van der Waals surface area contributed by atoms with Crippen molar-refractivity contribution in [2.45, 2.75) is 0 Å². The van der Waals surface area contributed by atoms with Gasteiger partial charge in [-0.1, -0.05) is 152 Å². The van der Waals surface area contributed by atoms with Gasteiger partial charge in [0.05, 0.1) is 0 Å². The fourth-order valence-electron chi connectivity index (χ4n) is 5.48. The van der Waals surface area contributed by atoms with Crippen LogP contribution >= 0.6 is 11.3 Å². The van der Waals surface area contributed by atoms with Crippen molar-refractivity contribution in [2.24, 2.45) is 0 Å². The van der Waals surface area contributed by atoms with E-state index in [-0.39, 0.29) is 0 Å². The normalized spacial score (nSPS) is 11.1. The maximum absolute atomic E-state index is 2.33. The lowest BCUT2D eigenvalue weighted by molar-refractivity contribution is 1.59. The van der Waals surface area contributed by atoms with Gasteiger partial charge in [0.1, 0.15) is 0 Å². The molecule has 39 heavy (non-hydrogen) atoms. The van der Waals surface area contributed by atoms with E-state index in [1.165, 1.54) is 65.0 Å². The highest BCUT2D eigenvalue weighted by Crippen LogP contribution is 2.50. The van der Waals surface area contributed by atoms with Crippen molar-refractivity contribution in [3.63, 3.8) is 0 Å². The second-order valence-corrected chi connectivity index (χ2v) is 10.7.